The van der Waals surface area contributed by atoms with Crippen molar-refractivity contribution >= 4 is 11.8 Å². The summed E-state index contributed by atoms with van der Waals surface area (Å²) < 4.78 is 13.4. The molecule has 0 aliphatic carbocycles. The van der Waals surface area contributed by atoms with Crippen LogP contribution in [0.25, 0.3) is 0 Å². The van der Waals surface area contributed by atoms with E-state index in [0.717, 1.165) is 0 Å². The van der Waals surface area contributed by atoms with Gasteiger partial charge >= 0.3 is 0 Å². The molecule has 1 aromatic rings. The Labute approximate surface area is 116 Å². The van der Waals surface area contributed by atoms with E-state index >= 15 is 0 Å². The van der Waals surface area contributed by atoms with Crippen molar-refractivity contribution in [3.8, 4) is 0 Å². The number of carbonyl (C=O) groups is 2. The molecule has 1 aliphatic heterocycles. The van der Waals surface area contributed by atoms with Gasteiger partial charge in [-0.05, 0) is 31.5 Å². The highest BCUT2D eigenvalue weighted by molar-refractivity contribution is 6.00. The maximum Gasteiger partial charge on any atom is 0.243 e. The molecular formula is C14H18FN3O2. The Morgan fingerprint density at radius 1 is 1.45 bits per heavy atom. The van der Waals surface area contributed by atoms with Gasteiger partial charge in [0.1, 0.15) is 5.82 Å². The SMILES string of the molecule is CC(N)C(c1cccc(F)c1)N1CC(=O)NC(=O)C1C. The lowest BCUT2D eigenvalue weighted by Crippen LogP contribution is -2.59. The molecule has 108 valence electrons. The Kier molecular flexibility index (Phi) is 4.15. The van der Waals surface area contributed by atoms with Gasteiger partial charge in [0.15, 0.2) is 0 Å². The summed E-state index contributed by atoms with van der Waals surface area (Å²) in [5, 5.41) is 2.28. The molecule has 3 unspecified atom stereocenters. The first kappa shape index (κ1) is 14.6. The van der Waals surface area contributed by atoms with E-state index in [-0.39, 0.29) is 30.2 Å². The monoisotopic (exact) mass is 279 g/mol. The molecule has 6 heteroatoms. The van der Waals surface area contributed by atoms with E-state index in [2.05, 4.69) is 5.32 Å². The second-order valence-electron chi connectivity index (χ2n) is 5.12. The van der Waals surface area contributed by atoms with Crippen molar-refractivity contribution in [1.82, 2.24) is 10.2 Å². The van der Waals surface area contributed by atoms with Crippen molar-refractivity contribution in [2.24, 2.45) is 5.73 Å². The number of nitrogens with one attached hydrogen (secondary N) is 1. The van der Waals surface area contributed by atoms with Gasteiger partial charge in [-0.1, -0.05) is 12.1 Å². The van der Waals surface area contributed by atoms with Crippen LogP contribution in [-0.4, -0.2) is 35.3 Å². The third-order valence-electron chi connectivity index (χ3n) is 3.51. The molecule has 0 radical (unpaired) electrons. The van der Waals surface area contributed by atoms with Crippen LogP contribution >= 0.6 is 0 Å². The molecule has 5 nitrogen and oxygen atoms in total. The van der Waals surface area contributed by atoms with Gasteiger partial charge in [-0.3, -0.25) is 19.8 Å². The number of hydrogen-bond donors (Lipinski definition) is 2. The Balaban J connectivity index is 2.37. The Morgan fingerprint density at radius 2 is 2.15 bits per heavy atom. The van der Waals surface area contributed by atoms with Gasteiger partial charge in [0.05, 0.1) is 18.6 Å². The Morgan fingerprint density at radius 3 is 2.75 bits per heavy atom. The van der Waals surface area contributed by atoms with Crippen LogP contribution < -0.4 is 11.1 Å². The lowest BCUT2D eigenvalue weighted by atomic mass is 9.96. The molecule has 0 saturated carbocycles. The van der Waals surface area contributed by atoms with Crippen LogP contribution in [0.1, 0.15) is 25.5 Å². The largest absolute Gasteiger partial charge is 0.326 e. The topological polar surface area (TPSA) is 75.4 Å². The number of rotatable bonds is 3. The quantitative estimate of drug-likeness (QED) is 0.793. The number of amides is 2. The fourth-order valence-corrected chi connectivity index (χ4v) is 2.56. The smallest absolute Gasteiger partial charge is 0.243 e. The first-order valence-electron chi connectivity index (χ1n) is 6.50. The molecule has 2 rings (SSSR count). The third kappa shape index (κ3) is 2.86. The van der Waals surface area contributed by atoms with E-state index in [0.29, 0.717) is 5.56 Å². The van der Waals surface area contributed by atoms with E-state index in [4.69, 9.17) is 5.73 Å². The second-order valence-corrected chi connectivity index (χ2v) is 5.12. The Hall–Kier alpha value is -1.79. The van der Waals surface area contributed by atoms with Crippen LogP contribution in [0.15, 0.2) is 24.3 Å². The molecule has 20 heavy (non-hydrogen) atoms. The molecule has 1 heterocycles. The summed E-state index contributed by atoms with van der Waals surface area (Å²) in [5.74, 6) is -1.09. The highest BCUT2D eigenvalue weighted by Crippen LogP contribution is 2.27. The van der Waals surface area contributed by atoms with Crippen molar-refractivity contribution in [1.29, 1.82) is 0 Å². The van der Waals surface area contributed by atoms with Gasteiger partial charge in [-0.15, -0.1) is 0 Å². The number of nitrogens with two attached hydrogens (primary N) is 1. The molecule has 1 saturated heterocycles. The highest BCUT2D eigenvalue weighted by atomic mass is 19.1. The predicted molar refractivity (Wildman–Crippen MR) is 72.1 cm³/mol. The van der Waals surface area contributed by atoms with E-state index < -0.39 is 12.1 Å². The van der Waals surface area contributed by atoms with Gasteiger partial charge in [-0.2, -0.15) is 0 Å². The molecule has 3 N–H and O–H groups in total. The first-order valence-corrected chi connectivity index (χ1v) is 6.50. The summed E-state index contributed by atoms with van der Waals surface area (Å²) in [7, 11) is 0. The highest BCUT2D eigenvalue weighted by Gasteiger charge is 2.37. The molecule has 2 amide bonds. The molecular weight excluding hydrogens is 261 g/mol. The zero-order valence-corrected chi connectivity index (χ0v) is 11.5. The van der Waals surface area contributed by atoms with E-state index in [1.807, 2.05) is 0 Å². The van der Waals surface area contributed by atoms with Crippen LogP contribution in [0.5, 0.6) is 0 Å². The predicted octanol–water partition coefficient (Wildman–Crippen LogP) is 0.561. The molecule has 0 bridgehead atoms. The Bertz CT molecular complexity index is 533. The van der Waals surface area contributed by atoms with Gasteiger partial charge in [-0.25, -0.2) is 4.39 Å². The fourth-order valence-electron chi connectivity index (χ4n) is 2.56. The summed E-state index contributed by atoms with van der Waals surface area (Å²) >= 11 is 0. The van der Waals surface area contributed by atoms with Gasteiger partial charge in [0.2, 0.25) is 11.8 Å². The maximum absolute atomic E-state index is 13.4. The minimum Gasteiger partial charge on any atom is -0.326 e. The van der Waals surface area contributed by atoms with Crippen molar-refractivity contribution in [2.45, 2.75) is 32.0 Å². The number of hydrogen-bond acceptors (Lipinski definition) is 4. The van der Waals surface area contributed by atoms with Crippen LogP contribution in [0.2, 0.25) is 0 Å². The number of imide groups is 1. The average Bonchev–Trinajstić information content (AvgIpc) is 2.35. The van der Waals surface area contributed by atoms with Gasteiger partial charge in [0, 0.05) is 6.04 Å². The van der Waals surface area contributed by atoms with Crippen LogP contribution in [0.3, 0.4) is 0 Å². The molecule has 1 aliphatic rings. The van der Waals surface area contributed by atoms with Crippen molar-refractivity contribution in [2.75, 3.05) is 6.54 Å². The number of nitrogens with zero attached hydrogens (tertiary/aromatic N) is 1. The van der Waals surface area contributed by atoms with Crippen LogP contribution in [0.4, 0.5) is 4.39 Å². The minimum atomic E-state index is -0.494. The summed E-state index contributed by atoms with van der Waals surface area (Å²) in [4.78, 5) is 25.0. The minimum absolute atomic E-state index is 0.0651. The van der Waals surface area contributed by atoms with Gasteiger partial charge < -0.3 is 5.73 Å². The lowest BCUT2D eigenvalue weighted by molar-refractivity contribution is -0.141. The second kappa shape index (κ2) is 5.68. The van der Waals surface area contributed by atoms with E-state index in [9.17, 15) is 14.0 Å². The number of carbonyl (C=O) groups excluding carboxylic acids is 2. The summed E-state index contributed by atoms with van der Waals surface area (Å²) in [6, 6.07) is 4.84. The number of halogens is 1. The van der Waals surface area contributed by atoms with Crippen LogP contribution in [-0.2, 0) is 9.59 Å². The third-order valence-corrected chi connectivity index (χ3v) is 3.51. The standard InChI is InChI=1S/C14H18FN3O2/c1-8(16)13(10-4-3-5-11(15)6-10)18-7-12(19)17-14(20)9(18)2/h3-6,8-9,13H,7,16H2,1-2H3,(H,17,19,20). The summed E-state index contributed by atoms with van der Waals surface area (Å²) in [6.45, 7) is 3.55. The molecule has 1 fully saturated rings. The molecule has 1 aromatic carbocycles. The lowest BCUT2D eigenvalue weighted by Gasteiger charge is -2.40. The van der Waals surface area contributed by atoms with Crippen molar-refractivity contribution < 1.29 is 14.0 Å². The fraction of sp³-hybridized carbons (Fsp3) is 0.429. The average molecular weight is 279 g/mol. The van der Waals surface area contributed by atoms with Gasteiger partial charge in [0.25, 0.3) is 0 Å². The van der Waals surface area contributed by atoms with Crippen molar-refractivity contribution in [3.05, 3.63) is 35.6 Å². The zero-order valence-electron chi connectivity index (χ0n) is 11.5. The number of piperazine rings is 1. The summed E-state index contributed by atoms with van der Waals surface area (Å²) in [5.41, 5.74) is 6.66. The number of benzene rings is 1. The zero-order chi connectivity index (χ0) is 14.9. The van der Waals surface area contributed by atoms with E-state index in [1.54, 1.807) is 30.9 Å². The molecule has 0 spiro atoms. The first-order chi connectivity index (χ1) is 9.40. The van der Waals surface area contributed by atoms with Crippen LogP contribution in [0, 0.1) is 5.82 Å². The normalized spacial score (nSPS) is 23.3. The van der Waals surface area contributed by atoms with E-state index in [1.165, 1.54) is 12.1 Å². The molecule has 3 atom stereocenters. The van der Waals surface area contributed by atoms with Crippen molar-refractivity contribution in [3.63, 3.8) is 0 Å². The maximum atomic E-state index is 13.4. The summed E-state index contributed by atoms with van der Waals surface area (Å²) in [6.07, 6.45) is 0. The molecule has 0 aromatic heterocycles.